The zero-order valence-corrected chi connectivity index (χ0v) is 18.1. The molecule has 5 heteroatoms. The first-order valence-corrected chi connectivity index (χ1v) is 10.1. The second kappa shape index (κ2) is 7.90. The van der Waals surface area contributed by atoms with E-state index in [1.165, 1.54) is 11.3 Å². The summed E-state index contributed by atoms with van der Waals surface area (Å²) in [6.45, 7) is 11.9. The standard InChI is InChI=1S/C24H30N2O3/c1-7-26-21-12-22(29-6)18(11-19(21)16(3)13-24(26,4)5)14-25-20-9-8-17(23(27)28)10-15(20)2/h8-12,14,16H,7,13H2,1-6H3,(H,27,28). The highest BCUT2D eigenvalue weighted by Crippen LogP contribution is 2.45. The maximum atomic E-state index is 11.1. The van der Waals surface area contributed by atoms with Crippen molar-refractivity contribution in [1.82, 2.24) is 0 Å². The van der Waals surface area contributed by atoms with Crippen LogP contribution >= 0.6 is 0 Å². The van der Waals surface area contributed by atoms with Gasteiger partial charge in [0, 0.05) is 35.6 Å². The molecule has 0 saturated heterocycles. The minimum Gasteiger partial charge on any atom is -0.496 e. The van der Waals surface area contributed by atoms with Crippen LogP contribution < -0.4 is 9.64 Å². The van der Waals surface area contributed by atoms with E-state index in [9.17, 15) is 4.79 Å². The molecule has 0 bridgehead atoms. The van der Waals surface area contributed by atoms with Crippen molar-refractivity contribution in [2.45, 2.75) is 52.5 Å². The first-order valence-electron chi connectivity index (χ1n) is 10.1. The van der Waals surface area contributed by atoms with Gasteiger partial charge in [-0.05, 0) is 75.4 Å². The average molecular weight is 395 g/mol. The minimum atomic E-state index is -0.933. The van der Waals surface area contributed by atoms with E-state index in [4.69, 9.17) is 9.84 Å². The lowest BCUT2D eigenvalue weighted by atomic mass is 9.79. The number of aryl methyl sites for hydroxylation is 1. The van der Waals surface area contributed by atoms with Crippen molar-refractivity contribution in [3.05, 3.63) is 52.6 Å². The van der Waals surface area contributed by atoms with Crippen molar-refractivity contribution in [2.75, 3.05) is 18.6 Å². The van der Waals surface area contributed by atoms with E-state index in [-0.39, 0.29) is 11.1 Å². The van der Waals surface area contributed by atoms with Crippen molar-refractivity contribution in [2.24, 2.45) is 4.99 Å². The Labute approximate surface area is 173 Å². The molecule has 0 fully saturated rings. The minimum absolute atomic E-state index is 0.102. The molecule has 2 aromatic carbocycles. The Morgan fingerprint density at radius 3 is 2.66 bits per heavy atom. The van der Waals surface area contributed by atoms with E-state index in [1.807, 2.05) is 13.1 Å². The molecule has 0 spiro atoms. The van der Waals surface area contributed by atoms with E-state index in [0.29, 0.717) is 5.92 Å². The normalized spacial score (nSPS) is 18.0. The van der Waals surface area contributed by atoms with Crippen LogP contribution in [0.2, 0.25) is 0 Å². The maximum absolute atomic E-state index is 11.1. The second-order valence-corrected chi connectivity index (χ2v) is 8.38. The average Bonchev–Trinajstić information content (AvgIpc) is 2.66. The van der Waals surface area contributed by atoms with Crippen molar-refractivity contribution in [1.29, 1.82) is 0 Å². The van der Waals surface area contributed by atoms with Gasteiger partial charge in [-0.15, -0.1) is 0 Å². The number of aromatic carboxylic acids is 1. The Morgan fingerprint density at radius 1 is 1.34 bits per heavy atom. The Kier molecular flexibility index (Phi) is 5.69. The predicted molar refractivity (Wildman–Crippen MR) is 119 cm³/mol. The number of rotatable bonds is 5. The molecule has 3 rings (SSSR count). The number of aliphatic imine (C=N–C) groups is 1. The molecule has 2 aromatic rings. The molecule has 154 valence electrons. The van der Waals surface area contributed by atoms with Gasteiger partial charge in [0.15, 0.2) is 0 Å². The van der Waals surface area contributed by atoms with E-state index < -0.39 is 5.97 Å². The van der Waals surface area contributed by atoms with E-state index in [2.05, 4.69) is 49.7 Å². The number of anilines is 1. The van der Waals surface area contributed by atoms with Crippen LogP contribution in [0.5, 0.6) is 5.75 Å². The van der Waals surface area contributed by atoms with Gasteiger partial charge in [0.1, 0.15) is 5.75 Å². The summed E-state index contributed by atoms with van der Waals surface area (Å²) in [5.41, 5.74) is 5.41. The number of ether oxygens (including phenoxy) is 1. The van der Waals surface area contributed by atoms with Gasteiger partial charge in [-0.2, -0.15) is 0 Å². The zero-order valence-electron chi connectivity index (χ0n) is 18.1. The fourth-order valence-electron chi connectivity index (χ4n) is 4.48. The second-order valence-electron chi connectivity index (χ2n) is 8.38. The van der Waals surface area contributed by atoms with Crippen LogP contribution in [-0.2, 0) is 0 Å². The highest BCUT2D eigenvalue weighted by atomic mass is 16.5. The van der Waals surface area contributed by atoms with Crippen molar-refractivity contribution in [3.63, 3.8) is 0 Å². The van der Waals surface area contributed by atoms with Gasteiger partial charge in [-0.3, -0.25) is 4.99 Å². The number of carbonyl (C=O) groups is 1. The van der Waals surface area contributed by atoms with Gasteiger partial charge in [0.25, 0.3) is 0 Å². The lowest BCUT2D eigenvalue weighted by molar-refractivity contribution is 0.0697. The SMILES string of the molecule is CCN1c2cc(OC)c(C=Nc3ccc(C(=O)O)cc3C)cc2C(C)CC1(C)C. The molecular weight excluding hydrogens is 364 g/mol. The van der Waals surface area contributed by atoms with Crippen molar-refractivity contribution in [3.8, 4) is 5.75 Å². The van der Waals surface area contributed by atoms with Gasteiger partial charge in [0.05, 0.1) is 18.4 Å². The molecule has 0 saturated carbocycles. The quantitative estimate of drug-likeness (QED) is 0.674. The van der Waals surface area contributed by atoms with Crippen LogP contribution in [0.3, 0.4) is 0 Å². The first-order chi connectivity index (χ1) is 13.7. The topological polar surface area (TPSA) is 62.1 Å². The number of fused-ring (bicyclic) bond motifs is 1. The Hall–Kier alpha value is -2.82. The molecule has 0 radical (unpaired) electrons. The van der Waals surface area contributed by atoms with Gasteiger partial charge >= 0.3 is 5.97 Å². The summed E-state index contributed by atoms with van der Waals surface area (Å²) in [4.78, 5) is 18.2. The number of hydrogen-bond acceptors (Lipinski definition) is 4. The molecule has 1 N–H and O–H groups in total. The van der Waals surface area contributed by atoms with E-state index in [0.717, 1.165) is 35.5 Å². The third kappa shape index (κ3) is 4.00. The molecule has 0 aromatic heterocycles. The number of hydrogen-bond donors (Lipinski definition) is 1. The summed E-state index contributed by atoms with van der Waals surface area (Å²) in [5, 5.41) is 9.13. The van der Waals surface area contributed by atoms with Gasteiger partial charge in [-0.25, -0.2) is 4.79 Å². The highest BCUT2D eigenvalue weighted by molar-refractivity contribution is 5.90. The van der Waals surface area contributed by atoms with Crippen LogP contribution in [-0.4, -0.2) is 36.5 Å². The van der Waals surface area contributed by atoms with Crippen LogP contribution in [0.25, 0.3) is 0 Å². The Bertz CT molecular complexity index is 963. The summed E-state index contributed by atoms with van der Waals surface area (Å²) in [5.74, 6) is 0.297. The number of carboxylic acids is 1. The number of benzene rings is 2. The highest BCUT2D eigenvalue weighted by Gasteiger charge is 2.36. The Morgan fingerprint density at radius 2 is 2.07 bits per heavy atom. The molecule has 0 amide bonds. The molecule has 29 heavy (non-hydrogen) atoms. The first kappa shape index (κ1) is 20.9. The third-order valence-electron chi connectivity index (χ3n) is 5.84. The smallest absolute Gasteiger partial charge is 0.335 e. The van der Waals surface area contributed by atoms with E-state index >= 15 is 0 Å². The summed E-state index contributed by atoms with van der Waals surface area (Å²) in [7, 11) is 1.68. The molecule has 5 nitrogen and oxygen atoms in total. The van der Waals surface area contributed by atoms with Gasteiger partial charge in [0.2, 0.25) is 0 Å². The summed E-state index contributed by atoms with van der Waals surface area (Å²) in [6, 6.07) is 9.26. The Balaban J connectivity index is 2.02. The van der Waals surface area contributed by atoms with Crippen LogP contribution in [0.4, 0.5) is 11.4 Å². The van der Waals surface area contributed by atoms with Gasteiger partial charge < -0.3 is 14.7 Å². The fraction of sp³-hybridized carbons (Fsp3) is 0.417. The molecule has 0 aliphatic carbocycles. The molecular formula is C24H30N2O3. The molecule has 1 atom stereocenters. The molecule has 1 heterocycles. The van der Waals surface area contributed by atoms with Gasteiger partial charge in [-0.1, -0.05) is 6.92 Å². The number of carboxylic acid groups (broad SMARTS) is 1. The van der Waals surface area contributed by atoms with Crippen LogP contribution in [0.1, 0.15) is 67.1 Å². The fourth-order valence-corrected chi connectivity index (χ4v) is 4.48. The molecule has 1 unspecified atom stereocenters. The number of methoxy groups -OCH3 is 1. The summed E-state index contributed by atoms with van der Waals surface area (Å²) < 4.78 is 5.68. The lowest BCUT2D eigenvalue weighted by Gasteiger charge is -2.47. The molecule has 1 aliphatic heterocycles. The zero-order chi connectivity index (χ0) is 21.3. The largest absolute Gasteiger partial charge is 0.496 e. The number of nitrogens with zero attached hydrogens (tertiary/aromatic N) is 2. The predicted octanol–water partition coefficient (Wildman–Crippen LogP) is 5.56. The summed E-state index contributed by atoms with van der Waals surface area (Å²) >= 11 is 0. The van der Waals surface area contributed by atoms with Crippen molar-refractivity contribution < 1.29 is 14.6 Å². The third-order valence-corrected chi connectivity index (χ3v) is 5.84. The monoisotopic (exact) mass is 394 g/mol. The lowest BCUT2D eigenvalue weighted by Crippen LogP contribution is -2.48. The molecule has 1 aliphatic rings. The van der Waals surface area contributed by atoms with Crippen LogP contribution in [0, 0.1) is 6.92 Å². The van der Waals surface area contributed by atoms with Crippen LogP contribution in [0.15, 0.2) is 35.3 Å². The summed E-state index contributed by atoms with van der Waals surface area (Å²) in [6.07, 6.45) is 2.90. The van der Waals surface area contributed by atoms with E-state index in [1.54, 1.807) is 25.3 Å². The maximum Gasteiger partial charge on any atom is 0.335 e. The van der Waals surface area contributed by atoms with Crippen molar-refractivity contribution >= 4 is 23.6 Å².